The van der Waals surface area contributed by atoms with Crippen LogP contribution >= 0.6 is 0 Å². The number of nitrogens with one attached hydrogen (secondary N) is 1. The van der Waals surface area contributed by atoms with E-state index in [0.29, 0.717) is 5.82 Å². The smallest absolute Gasteiger partial charge is 0.204 e. The molecule has 0 spiro atoms. The lowest BCUT2D eigenvalue weighted by molar-refractivity contribution is 0.582. The van der Waals surface area contributed by atoms with Crippen molar-refractivity contribution in [3.05, 3.63) is 42.7 Å². The van der Waals surface area contributed by atoms with Gasteiger partial charge in [0.2, 0.25) is 5.82 Å². The number of aromatic nitrogens is 4. The molecule has 2 aromatic heterocycles. The quantitative estimate of drug-likeness (QED) is 0.706. The lowest BCUT2D eigenvalue weighted by Gasteiger charge is -1.97. The lowest BCUT2D eigenvalue weighted by Crippen LogP contribution is -1.81. The maximum Gasteiger partial charge on any atom is 0.204 e. The van der Waals surface area contributed by atoms with Gasteiger partial charge in [0.15, 0.2) is 0 Å². The first kappa shape index (κ1) is 8.84. The molecule has 2 heterocycles. The van der Waals surface area contributed by atoms with Crippen molar-refractivity contribution in [3.8, 4) is 22.7 Å². The van der Waals surface area contributed by atoms with E-state index in [0.717, 1.165) is 16.9 Å². The molecule has 0 atom stereocenters. The Morgan fingerprint density at radius 3 is 2.44 bits per heavy atom. The molecule has 0 aliphatic heterocycles. The highest BCUT2D eigenvalue weighted by atomic mass is 16.3. The molecule has 0 aliphatic carbocycles. The maximum absolute atomic E-state index is 5.30. The summed E-state index contributed by atoms with van der Waals surface area (Å²) < 4.78 is 5.30. The third-order valence-electron chi connectivity index (χ3n) is 2.29. The molecule has 0 unspecified atom stereocenters. The third kappa shape index (κ3) is 1.48. The van der Waals surface area contributed by atoms with Crippen LogP contribution in [0.4, 0.5) is 0 Å². The van der Waals surface area contributed by atoms with Crippen LogP contribution in [0.3, 0.4) is 0 Å². The largest absolute Gasteiger partial charge is 0.464 e. The molecule has 78 valence electrons. The summed E-state index contributed by atoms with van der Waals surface area (Å²) in [5, 5.41) is 13.8. The van der Waals surface area contributed by atoms with Crippen molar-refractivity contribution in [1.82, 2.24) is 20.6 Å². The summed E-state index contributed by atoms with van der Waals surface area (Å²) in [4.78, 5) is 0. The second-order valence-electron chi connectivity index (χ2n) is 3.29. The van der Waals surface area contributed by atoms with E-state index >= 15 is 0 Å². The summed E-state index contributed by atoms with van der Waals surface area (Å²) in [7, 11) is 0. The number of hydrogen-bond donors (Lipinski definition) is 1. The fourth-order valence-corrected chi connectivity index (χ4v) is 1.51. The van der Waals surface area contributed by atoms with Crippen LogP contribution in [0.25, 0.3) is 22.7 Å². The van der Waals surface area contributed by atoms with E-state index in [2.05, 4.69) is 20.6 Å². The van der Waals surface area contributed by atoms with Crippen LogP contribution in [0.15, 0.2) is 47.1 Å². The zero-order valence-electron chi connectivity index (χ0n) is 8.29. The minimum atomic E-state index is 0.589. The molecule has 0 saturated carbocycles. The number of furan rings is 1. The van der Waals surface area contributed by atoms with Gasteiger partial charge >= 0.3 is 0 Å². The van der Waals surface area contributed by atoms with Crippen LogP contribution in [-0.4, -0.2) is 20.6 Å². The molecule has 3 aromatic rings. The second kappa shape index (κ2) is 3.62. The van der Waals surface area contributed by atoms with E-state index in [1.165, 1.54) is 0 Å². The summed E-state index contributed by atoms with van der Waals surface area (Å²) in [5.41, 5.74) is 1.95. The second-order valence-corrected chi connectivity index (χ2v) is 3.29. The van der Waals surface area contributed by atoms with Crippen LogP contribution < -0.4 is 0 Å². The van der Waals surface area contributed by atoms with E-state index < -0.39 is 0 Å². The Hall–Kier alpha value is -2.43. The molecule has 5 heteroatoms. The normalized spacial score (nSPS) is 10.5. The van der Waals surface area contributed by atoms with E-state index in [9.17, 15) is 0 Å². The zero-order valence-corrected chi connectivity index (χ0v) is 8.29. The fourth-order valence-electron chi connectivity index (χ4n) is 1.51. The maximum atomic E-state index is 5.30. The molecular weight excluding hydrogens is 204 g/mol. The zero-order chi connectivity index (χ0) is 10.8. The molecule has 0 amide bonds. The van der Waals surface area contributed by atoms with Gasteiger partial charge in [-0.15, -0.1) is 10.2 Å². The molecule has 0 radical (unpaired) electrons. The van der Waals surface area contributed by atoms with Crippen LogP contribution in [0.2, 0.25) is 0 Å². The van der Waals surface area contributed by atoms with Crippen LogP contribution in [0.1, 0.15) is 0 Å². The lowest BCUT2D eigenvalue weighted by atomic mass is 10.1. The number of hydrogen-bond acceptors (Lipinski definition) is 4. The Bertz CT molecular complexity index is 501. The van der Waals surface area contributed by atoms with E-state index in [-0.39, 0.29) is 0 Å². The number of nitrogens with zero attached hydrogens (tertiary/aromatic N) is 3. The first-order valence-corrected chi connectivity index (χ1v) is 4.81. The van der Waals surface area contributed by atoms with Gasteiger partial charge in [-0.3, -0.25) is 0 Å². The number of aromatic amines is 1. The van der Waals surface area contributed by atoms with Gasteiger partial charge in [0.1, 0.15) is 5.76 Å². The van der Waals surface area contributed by atoms with E-state index in [4.69, 9.17) is 4.42 Å². The fraction of sp³-hybridized carbons (Fsp3) is 0. The summed E-state index contributed by atoms with van der Waals surface area (Å²) in [6.07, 6.45) is 1.66. The van der Waals surface area contributed by atoms with Gasteiger partial charge < -0.3 is 4.42 Å². The summed E-state index contributed by atoms with van der Waals surface area (Å²) in [6, 6.07) is 11.6. The van der Waals surface area contributed by atoms with Gasteiger partial charge in [-0.05, 0) is 17.3 Å². The summed E-state index contributed by atoms with van der Waals surface area (Å²) in [5.74, 6) is 1.44. The average Bonchev–Trinajstić information content (AvgIpc) is 3.03. The highest BCUT2D eigenvalue weighted by Crippen LogP contribution is 2.22. The van der Waals surface area contributed by atoms with Crippen molar-refractivity contribution in [2.45, 2.75) is 0 Å². The molecular formula is C11H8N4O. The van der Waals surface area contributed by atoms with Gasteiger partial charge in [0.05, 0.1) is 6.26 Å². The standard InChI is InChI=1S/C11H8N4O/c1-2-10(16-7-1)8-3-5-9(6-4-8)11-12-14-15-13-11/h1-7H,(H,12,13,14,15). The minimum Gasteiger partial charge on any atom is -0.464 e. The summed E-state index contributed by atoms with van der Waals surface area (Å²) >= 11 is 0. The Labute approximate surface area is 91.1 Å². The predicted octanol–water partition coefficient (Wildman–Crippen LogP) is 2.13. The molecule has 0 bridgehead atoms. The number of benzene rings is 1. The predicted molar refractivity (Wildman–Crippen MR) is 57.3 cm³/mol. The Morgan fingerprint density at radius 1 is 1.00 bits per heavy atom. The number of H-pyrrole nitrogens is 1. The number of tetrazole rings is 1. The molecule has 0 saturated heterocycles. The monoisotopic (exact) mass is 212 g/mol. The Balaban J connectivity index is 1.97. The van der Waals surface area contributed by atoms with Crippen LogP contribution in [0.5, 0.6) is 0 Å². The molecule has 16 heavy (non-hydrogen) atoms. The van der Waals surface area contributed by atoms with Crippen molar-refractivity contribution >= 4 is 0 Å². The summed E-state index contributed by atoms with van der Waals surface area (Å²) in [6.45, 7) is 0. The highest BCUT2D eigenvalue weighted by Gasteiger charge is 2.04. The SMILES string of the molecule is c1coc(-c2ccc(-c3nn[nH]n3)cc2)c1. The highest BCUT2D eigenvalue weighted by molar-refractivity contribution is 5.63. The van der Waals surface area contributed by atoms with Gasteiger partial charge in [-0.25, -0.2) is 0 Å². The molecule has 1 aromatic carbocycles. The van der Waals surface area contributed by atoms with E-state index in [1.807, 2.05) is 36.4 Å². The van der Waals surface area contributed by atoms with Gasteiger partial charge in [-0.1, -0.05) is 24.3 Å². The number of rotatable bonds is 2. The first-order valence-electron chi connectivity index (χ1n) is 4.81. The topological polar surface area (TPSA) is 67.6 Å². The van der Waals surface area contributed by atoms with Crippen molar-refractivity contribution < 1.29 is 4.42 Å². The van der Waals surface area contributed by atoms with Crippen LogP contribution in [0, 0.1) is 0 Å². The van der Waals surface area contributed by atoms with Crippen molar-refractivity contribution in [3.63, 3.8) is 0 Å². The Morgan fingerprint density at radius 2 is 1.81 bits per heavy atom. The molecule has 5 nitrogen and oxygen atoms in total. The van der Waals surface area contributed by atoms with Gasteiger partial charge in [0.25, 0.3) is 0 Å². The molecule has 3 rings (SSSR count). The van der Waals surface area contributed by atoms with Gasteiger partial charge in [0, 0.05) is 11.1 Å². The van der Waals surface area contributed by atoms with Crippen molar-refractivity contribution in [1.29, 1.82) is 0 Å². The third-order valence-corrected chi connectivity index (χ3v) is 2.29. The molecule has 0 aliphatic rings. The van der Waals surface area contributed by atoms with Crippen LogP contribution in [-0.2, 0) is 0 Å². The average molecular weight is 212 g/mol. The minimum absolute atomic E-state index is 0.589. The van der Waals surface area contributed by atoms with Gasteiger partial charge in [-0.2, -0.15) is 5.21 Å². The molecule has 1 N–H and O–H groups in total. The Kier molecular flexibility index (Phi) is 2.00. The van der Waals surface area contributed by atoms with Crippen molar-refractivity contribution in [2.75, 3.05) is 0 Å². The first-order chi connectivity index (χ1) is 7.93. The van der Waals surface area contributed by atoms with Crippen molar-refractivity contribution in [2.24, 2.45) is 0 Å². The molecule has 0 fully saturated rings. The van der Waals surface area contributed by atoms with E-state index in [1.54, 1.807) is 6.26 Å².